The highest BCUT2D eigenvalue weighted by molar-refractivity contribution is 9.09. The molecule has 0 fully saturated rings. The van der Waals surface area contributed by atoms with Gasteiger partial charge in [0, 0.05) is 0 Å². The van der Waals surface area contributed by atoms with E-state index in [4.69, 9.17) is 4.42 Å². The zero-order chi connectivity index (χ0) is 13.4. The molecule has 3 aromatic rings. The molecule has 0 amide bonds. The molecule has 1 unspecified atom stereocenters. The van der Waals surface area contributed by atoms with Crippen molar-refractivity contribution in [2.24, 2.45) is 0 Å². The first-order valence-corrected chi connectivity index (χ1v) is 6.89. The minimum Gasteiger partial charge on any atom is -0.408 e. The number of nitrogens with one attached hydrogen (secondary N) is 1. The number of aromatic nitrogens is 1. The fraction of sp³-hybridized carbons (Fsp3) is 0.133. The Kier molecular flexibility index (Phi) is 3.03. The van der Waals surface area contributed by atoms with Gasteiger partial charge in [0.2, 0.25) is 0 Å². The summed E-state index contributed by atoms with van der Waals surface area (Å²) >= 11 is 3.71. The third kappa shape index (κ3) is 2.24. The number of aromatic amines is 1. The van der Waals surface area contributed by atoms with Crippen molar-refractivity contribution in [3.8, 4) is 0 Å². The van der Waals surface area contributed by atoms with Crippen molar-refractivity contribution in [1.82, 2.24) is 4.98 Å². The molecule has 0 aliphatic rings. The summed E-state index contributed by atoms with van der Waals surface area (Å²) in [5.41, 5.74) is 4.79. The van der Waals surface area contributed by atoms with E-state index < -0.39 is 5.76 Å². The number of hydrogen-bond donors (Lipinski definition) is 1. The van der Waals surface area contributed by atoms with Gasteiger partial charge in [-0.05, 0) is 35.7 Å². The summed E-state index contributed by atoms with van der Waals surface area (Å²) in [7, 11) is 0. The summed E-state index contributed by atoms with van der Waals surface area (Å²) in [5, 5.41) is 0. The van der Waals surface area contributed by atoms with Crippen molar-refractivity contribution in [1.29, 1.82) is 0 Å². The first-order chi connectivity index (χ1) is 9.15. The predicted molar refractivity (Wildman–Crippen MR) is 78.8 cm³/mol. The maximum absolute atomic E-state index is 11.2. The van der Waals surface area contributed by atoms with Crippen LogP contribution in [-0.4, -0.2) is 4.98 Å². The molecule has 3 rings (SSSR count). The summed E-state index contributed by atoms with van der Waals surface area (Å²) in [5.74, 6) is -0.422. The lowest BCUT2D eigenvalue weighted by Crippen LogP contribution is -1.95. The number of alkyl halides is 1. The molecule has 1 N–H and O–H groups in total. The van der Waals surface area contributed by atoms with E-state index >= 15 is 0 Å². The van der Waals surface area contributed by atoms with Crippen LogP contribution in [0.15, 0.2) is 51.7 Å². The molecule has 1 heterocycles. The Balaban J connectivity index is 2.08. The number of oxazole rings is 1. The molecule has 1 aromatic heterocycles. The first kappa shape index (κ1) is 12.2. The molecule has 0 bridgehead atoms. The van der Waals surface area contributed by atoms with E-state index in [1.807, 2.05) is 30.3 Å². The molecule has 0 radical (unpaired) electrons. The lowest BCUT2D eigenvalue weighted by molar-refractivity contribution is 0.555. The zero-order valence-electron chi connectivity index (χ0n) is 10.3. The Morgan fingerprint density at radius 2 is 2.00 bits per heavy atom. The molecule has 4 heteroatoms. The molecule has 0 saturated heterocycles. The van der Waals surface area contributed by atoms with Gasteiger partial charge in [-0.15, -0.1) is 0 Å². The first-order valence-electron chi connectivity index (χ1n) is 5.97. The van der Waals surface area contributed by atoms with Crippen LogP contribution in [-0.2, 0) is 0 Å². The van der Waals surface area contributed by atoms with Crippen molar-refractivity contribution in [2.45, 2.75) is 11.8 Å². The lowest BCUT2D eigenvalue weighted by atomic mass is 10.0. The van der Waals surface area contributed by atoms with Crippen molar-refractivity contribution >= 4 is 27.0 Å². The molecule has 0 aliphatic heterocycles. The summed E-state index contributed by atoms with van der Waals surface area (Å²) in [6.45, 7) is 2.08. The van der Waals surface area contributed by atoms with Crippen LogP contribution in [0.1, 0.15) is 21.5 Å². The van der Waals surface area contributed by atoms with Crippen LogP contribution >= 0.6 is 15.9 Å². The van der Waals surface area contributed by atoms with Gasteiger partial charge in [0.15, 0.2) is 5.58 Å². The molecule has 3 nitrogen and oxygen atoms in total. The second-order valence-electron chi connectivity index (χ2n) is 4.49. The maximum atomic E-state index is 11.2. The van der Waals surface area contributed by atoms with Gasteiger partial charge in [0.25, 0.3) is 0 Å². The van der Waals surface area contributed by atoms with Gasteiger partial charge in [-0.1, -0.05) is 46.3 Å². The summed E-state index contributed by atoms with van der Waals surface area (Å²) < 4.78 is 5.09. The SMILES string of the molecule is Cc1ccccc1C(Br)c1ccc2[nH]c(=O)oc2c1. The van der Waals surface area contributed by atoms with Gasteiger partial charge in [0.1, 0.15) is 0 Å². The van der Waals surface area contributed by atoms with Gasteiger partial charge >= 0.3 is 5.76 Å². The van der Waals surface area contributed by atoms with E-state index in [0.717, 1.165) is 11.1 Å². The van der Waals surface area contributed by atoms with Crippen molar-refractivity contribution in [2.75, 3.05) is 0 Å². The van der Waals surface area contributed by atoms with Crippen molar-refractivity contribution < 1.29 is 4.42 Å². The second-order valence-corrected chi connectivity index (χ2v) is 5.40. The molecular formula is C15H12BrNO2. The molecular weight excluding hydrogens is 306 g/mol. The molecule has 2 aromatic carbocycles. The average Bonchev–Trinajstić information content (AvgIpc) is 2.77. The monoisotopic (exact) mass is 317 g/mol. The van der Waals surface area contributed by atoms with Crippen molar-refractivity contribution in [3.63, 3.8) is 0 Å². The Morgan fingerprint density at radius 3 is 2.79 bits per heavy atom. The number of fused-ring (bicyclic) bond motifs is 1. The van der Waals surface area contributed by atoms with Gasteiger partial charge < -0.3 is 4.42 Å². The topological polar surface area (TPSA) is 46.0 Å². The Labute approximate surface area is 118 Å². The third-order valence-corrected chi connectivity index (χ3v) is 4.22. The standard InChI is InChI=1S/C15H12BrNO2/c1-9-4-2-3-5-11(9)14(16)10-6-7-12-13(8-10)19-15(18)17-12/h2-8,14H,1H3,(H,17,18). The average molecular weight is 318 g/mol. The fourth-order valence-electron chi connectivity index (χ4n) is 2.17. The highest BCUT2D eigenvalue weighted by Crippen LogP contribution is 2.33. The molecule has 96 valence electrons. The summed E-state index contributed by atoms with van der Waals surface area (Å²) in [6, 6.07) is 13.9. The zero-order valence-corrected chi connectivity index (χ0v) is 11.9. The van der Waals surface area contributed by atoms with E-state index in [9.17, 15) is 4.79 Å². The van der Waals surface area contributed by atoms with E-state index in [0.29, 0.717) is 5.58 Å². The fourth-order valence-corrected chi connectivity index (χ4v) is 2.97. The number of halogens is 1. The lowest BCUT2D eigenvalue weighted by Gasteiger charge is -2.13. The highest BCUT2D eigenvalue weighted by Gasteiger charge is 2.13. The number of aryl methyl sites for hydroxylation is 1. The van der Waals surface area contributed by atoms with Gasteiger partial charge in [-0.25, -0.2) is 4.79 Å². The predicted octanol–water partition coefficient (Wildman–Crippen LogP) is 3.91. The van der Waals surface area contributed by atoms with E-state index in [-0.39, 0.29) is 4.83 Å². The number of hydrogen-bond acceptors (Lipinski definition) is 2. The quantitative estimate of drug-likeness (QED) is 0.728. The van der Waals surface area contributed by atoms with Crippen LogP contribution in [0, 0.1) is 6.92 Å². The van der Waals surface area contributed by atoms with Gasteiger partial charge in [0.05, 0.1) is 10.3 Å². The normalized spacial score (nSPS) is 12.7. The molecule has 0 saturated carbocycles. The smallest absolute Gasteiger partial charge is 0.408 e. The van der Waals surface area contributed by atoms with Crippen LogP contribution < -0.4 is 5.76 Å². The molecule has 0 spiro atoms. The van der Waals surface area contributed by atoms with Crippen LogP contribution in [0.3, 0.4) is 0 Å². The largest absolute Gasteiger partial charge is 0.417 e. The summed E-state index contributed by atoms with van der Waals surface area (Å²) in [6.07, 6.45) is 0. The van der Waals surface area contributed by atoms with E-state index in [2.05, 4.69) is 40.0 Å². The number of H-pyrrole nitrogens is 1. The van der Waals surface area contributed by atoms with E-state index in [1.54, 1.807) is 0 Å². The number of rotatable bonds is 2. The molecule has 1 atom stereocenters. The third-order valence-electron chi connectivity index (χ3n) is 3.20. The highest BCUT2D eigenvalue weighted by atomic mass is 79.9. The second kappa shape index (κ2) is 4.70. The van der Waals surface area contributed by atoms with Gasteiger partial charge in [-0.2, -0.15) is 0 Å². The van der Waals surface area contributed by atoms with Gasteiger partial charge in [-0.3, -0.25) is 4.98 Å². The Bertz CT molecular complexity index is 788. The number of benzene rings is 2. The van der Waals surface area contributed by atoms with E-state index in [1.165, 1.54) is 11.1 Å². The molecule has 19 heavy (non-hydrogen) atoms. The molecule has 0 aliphatic carbocycles. The minimum atomic E-state index is -0.422. The van der Waals surface area contributed by atoms with Crippen LogP contribution in [0.25, 0.3) is 11.1 Å². The maximum Gasteiger partial charge on any atom is 0.417 e. The van der Waals surface area contributed by atoms with Crippen molar-refractivity contribution in [3.05, 3.63) is 69.7 Å². The summed E-state index contributed by atoms with van der Waals surface area (Å²) in [4.78, 5) is 13.9. The Hall–Kier alpha value is -1.81. The van der Waals surface area contributed by atoms with Crippen LogP contribution in [0.5, 0.6) is 0 Å². The van der Waals surface area contributed by atoms with Crippen LogP contribution in [0.4, 0.5) is 0 Å². The Morgan fingerprint density at radius 1 is 1.21 bits per heavy atom. The van der Waals surface area contributed by atoms with Crippen LogP contribution in [0.2, 0.25) is 0 Å². The minimum absolute atomic E-state index is 0.0818.